The van der Waals surface area contributed by atoms with E-state index >= 15 is 0 Å². The number of benzene rings is 1. The molecule has 0 spiro atoms. The van der Waals surface area contributed by atoms with Gasteiger partial charge < -0.3 is 20.6 Å². The van der Waals surface area contributed by atoms with Crippen LogP contribution in [-0.2, 0) is 0 Å². The lowest BCUT2D eigenvalue weighted by Gasteiger charge is -2.33. The Bertz CT molecular complexity index is 1070. The highest BCUT2D eigenvalue weighted by atomic mass is 79.9. The van der Waals surface area contributed by atoms with Gasteiger partial charge in [0.15, 0.2) is 0 Å². The van der Waals surface area contributed by atoms with Crippen LogP contribution >= 0.6 is 27.3 Å². The van der Waals surface area contributed by atoms with Crippen molar-refractivity contribution in [2.45, 2.75) is 0 Å². The van der Waals surface area contributed by atoms with E-state index in [4.69, 9.17) is 10.8 Å². The molecule has 0 radical (unpaired) electrons. The van der Waals surface area contributed by atoms with Crippen molar-refractivity contribution in [3.63, 3.8) is 0 Å². The van der Waals surface area contributed by atoms with Crippen LogP contribution in [0.25, 0.3) is 15.5 Å². The predicted octanol–water partition coefficient (Wildman–Crippen LogP) is 1.96. The minimum atomic E-state index is -0.932. The number of hydrogen-bond acceptors (Lipinski definition) is 7. The molecule has 4 rings (SSSR count). The number of fused-ring (bicyclic) bond motifs is 1. The summed E-state index contributed by atoms with van der Waals surface area (Å²) in [5.74, 6) is 0.536. The van der Waals surface area contributed by atoms with Crippen LogP contribution in [0.3, 0.4) is 0 Å². The number of halogens is 1. The monoisotopic (exact) mass is 450 g/mol. The van der Waals surface area contributed by atoms with Crippen molar-refractivity contribution < 1.29 is 9.90 Å². The molecule has 0 atom stereocenters. The maximum Gasteiger partial charge on any atom is 0.407 e. The molecule has 1 aliphatic rings. The van der Waals surface area contributed by atoms with Crippen molar-refractivity contribution >= 4 is 49.8 Å². The Morgan fingerprint density at radius 2 is 1.93 bits per heavy atom. The number of carboxylic acid groups (broad SMARTS) is 1. The summed E-state index contributed by atoms with van der Waals surface area (Å²) in [6.45, 7) is 1.73. The summed E-state index contributed by atoms with van der Waals surface area (Å²) in [6.07, 6.45) is -0.932. The quantitative estimate of drug-likeness (QED) is 0.572. The molecular formula is C16H15BrN6O3S. The Balaban J connectivity index is 1.68. The second-order valence-corrected chi connectivity index (χ2v) is 7.96. The van der Waals surface area contributed by atoms with Crippen molar-refractivity contribution in [3.05, 3.63) is 39.1 Å². The van der Waals surface area contributed by atoms with E-state index in [1.54, 1.807) is 12.1 Å². The van der Waals surface area contributed by atoms with Crippen LogP contribution in [0.1, 0.15) is 0 Å². The fourth-order valence-corrected chi connectivity index (χ4v) is 4.34. The lowest BCUT2D eigenvalue weighted by atomic mass is 10.2. The summed E-state index contributed by atoms with van der Waals surface area (Å²) in [5.41, 5.74) is 7.00. The van der Waals surface area contributed by atoms with Crippen LogP contribution in [0.5, 0.6) is 0 Å². The molecule has 0 unspecified atom stereocenters. The summed E-state index contributed by atoms with van der Waals surface area (Å²) < 4.78 is 2.10. The molecule has 1 aromatic carbocycles. The molecule has 3 heterocycles. The Morgan fingerprint density at radius 3 is 2.59 bits per heavy atom. The number of carbonyl (C=O) groups is 1. The van der Waals surface area contributed by atoms with Gasteiger partial charge in [-0.2, -0.15) is 9.61 Å². The average molecular weight is 451 g/mol. The van der Waals surface area contributed by atoms with Crippen molar-refractivity contribution in [1.82, 2.24) is 19.5 Å². The van der Waals surface area contributed by atoms with Gasteiger partial charge in [0.2, 0.25) is 4.96 Å². The molecule has 0 aliphatic carbocycles. The van der Waals surface area contributed by atoms with E-state index in [0.29, 0.717) is 47.7 Å². The van der Waals surface area contributed by atoms with Crippen molar-refractivity contribution in [1.29, 1.82) is 0 Å². The van der Waals surface area contributed by atoms with Gasteiger partial charge >= 0.3 is 6.09 Å². The predicted molar refractivity (Wildman–Crippen MR) is 106 cm³/mol. The van der Waals surface area contributed by atoms with Crippen LogP contribution < -0.4 is 16.2 Å². The minimum absolute atomic E-state index is 0.277. The van der Waals surface area contributed by atoms with Crippen molar-refractivity contribution in [3.8, 4) is 10.6 Å². The number of amides is 1. The third-order valence-corrected chi connectivity index (χ3v) is 5.69. The molecule has 1 amide bonds. The van der Waals surface area contributed by atoms with Crippen LogP contribution in [0.15, 0.2) is 33.5 Å². The minimum Gasteiger partial charge on any atom is -0.465 e. The number of aromatic nitrogens is 3. The topological polar surface area (TPSA) is 117 Å². The number of hydrogen-bond donors (Lipinski definition) is 2. The number of nitrogens with zero attached hydrogens (tertiary/aromatic N) is 5. The maximum atomic E-state index is 12.5. The molecule has 1 fully saturated rings. The zero-order chi connectivity index (χ0) is 19.1. The Hall–Kier alpha value is -2.66. The first-order chi connectivity index (χ1) is 12.9. The molecule has 11 heteroatoms. The molecule has 27 heavy (non-hydrogen) atoms. The number of piperazine rings is 1. The van der Waals surface area contributed by atoms with Gasteiger partial charge in [-0.05, 0) is 18.2 Å². The zero-order valence-corrected chi connectivity index (χ0v) is 16.4. The van der Waals surface area contributed by atoms with Crippen molar-refractivity contribution in [2.75, 3.05) is 36.8 Å². The third-order valence-electron chi connectivity index (χ3n) is 4.27. The van der Waals surface area contributed by atoms with Gasteiger partial charge in [-0.3, -0.25) is 4.79 Å². The molecule has 1 aliphatic heterocycles. The summed E-state index contributed by atoms with van der Waals surface area (Å²) in [4.78, 5) is 31.8. The normalized spacial score (nSPS) is 14.7. The molecule has 3 aromatic rings. The van der Waals surface area contributed by atoms with E-state index < -0.39 is 6.09 Å². The molecule has 0 bridgehead atoms. The first-order valence-electron chi connectivity index (χ1n) is 8.11. The number of rotatable bonds is 2. The van der Waals surface area contributed by atoms with Gasteiger partial charge in [-0.15, -0.1) is 0 Å². The lowest BCUT2D eigenvalue weighted by molar-refractivity contribution is 0.142. The van der Waals surface area contributed by atoms with Gasteiger partial charge in [0, 0.05) is 48.0 Å². The van der Waals surface area contributed by atoms with Gasteiger partial charge in [0.1, 0.15) is 10.8 Å². The Labute approximate surface area is 165 Å². The van der Waals surface area contributed by atoms with Crippen LogP contribution in [-0.4, -0.2) is 56.9 Å². The number of nitrogens with two attached hydrogens (primary N) is 1. The van der Waals surface area contributed by atoms with Crippen molar-refractivity contribution in [2.24, 2.45) is 0 Å². The Kier molecular flexibility index (Phi) is 4.48. The molecule has 0 saturated carbocycles. The number of anilines is 2. The summed E-state index contributed by atoms with van der Waals surface area (Å²) in [6, 6.07) is 6.89. The fraction of sp³-hybridized carbons (Fsp3) is 0.250. The van der Waals surface area contributed by atoms with Gasteiger partial charge in [-0.25, -0.2) is 9.78 Å². The zero-order valence-electron chi connectivity index (χ0n) is 14.0. The lowest BCUT2D eigenvalue weighted by Crippen LogP contribution is -2.48. The molecule has 140 valence electrons. The second kappa shape index (κ2) is 6.82. The van der Waals surface area contributed by atoms with Gasteiger partial charge in [-0.1, -0.05) is 27.3 Å². The van der Waals surface area contributed by atoms with Crippen LogP contribution in [0, 0.1) is 0 Å². The molecule has 9 nitrogen and oxygen atoms in total. The van der Waals surface area contributed by atoms with Crippen LogP contribution in [0.4, 0.5) is 16.3 Å². The Morgan fingerprint density at radius 1 is 1.19 bits per heavy atom. The van der Waals surface area contributed by atoms with Gasteiger partial charge in [0.25, 0.3) is 5.56 Å². The molecule has 3 N–H and O–H groups in total. The summed E-state index contributed by atoms with van der Waals surface area (Å²) >= 11 is 4.71. The SMILES string of the molecule is Nc1cc(Br)cc(-c2nn3c(=O)cc(N4CCN(C(=O)O)CC4)nc3s2)c1. The molecule has 1 saturated heterocycles. The highest BCUT2D eigenvalue weighted by Crippen LogP contribution is 2.29. The average Bonchev–Trinajstić information content (AvgIpc) is 3.06. The van der Waals surface area contributed by atoms with E-state index in [1.807, 2.05) is 11.0 Å². The molecule has 2 aromatic heterocycles. The summed E-state index contributed by atoms with van der Waals surface area (Å²) in [7, 11) is 0. The fourth-order valence-electron chi connectivity index (χ4n) is 2.94. The largest absolute Gasteiger partial charge is 0.465 e. The molecular weight excluding hydrogens is 436 g/mol. The van der Waals surface area contributed by atoms with Gasteiger partial charge in [0.05, 0.1) is 0 Å². The smallest absolute Gasteiger partial charge is 0.407 e. The first kappa shape index (κ1) is 17.7. The highest BCUT2D eigenvalue weighted by Gasteiger charge is 2.22. The van der Waals surface area contributed by atoms with E-state index in [1.165, 1.54) is 26.8 Å². The highest BCUT2D eigenvalue weighted by molar-refractivity contribution is 9.10. The second-order valence-electron chi connectivity index (χ2n) is 6.08. The van der Waals surface area contributed by atoms with E-state index in [0.717, 1.165) is 10.0 Å². The summed E-state index contributed by atoms with van der Waals surface area (Å²) in [5, 5.41) is 14.1. The number of nitrogen functional groups attached to an aromatic ring is 1. The third kappa shape index (κ3) is 3.47. The maximum absolute atomic E-state index is 12.5. The van der Waals surface area contributed by atoms with E-state index in [-0.39, 0.29) is 5.56 Å². The first-order valence-corrected chi connectivity index (χ1v) is 9.72. The van der Waals surface area contributed by atoms with E-state index in [2.05, 4.69) is 26.0 Å². The standard InChI is InChI=1S/C16H15BrN6O3S/c17-10-5-9(6-11(18)7-10)14-20-23-13(24)8-12(19-15(23)27-14)21-1-3-22(4-2-21)16(25)26/h5-8H,1-4,18H2,(H,25,26). The van der Waals surface area contributed by atoms with Crippen LogP contribution in [0.2, 0.25) is 0 Å². The van der Waals surface area contributed by atoms with E-state index in [9.17, 15) is 9.59 Å².